The molecule has 4 heteroatoms. The molecule has 0 bridgehead atoms. The van der Waals surface area contributed by atoms with Crippen molar-refractivity contribution < 1.29 is 51.0 Å². The van der Waals surface area contributed by atoms with Gasteiger partial charge in [-0.15, -0.1) is 0 Å². The average Bonchev–Trinajstić information content (AvgIpc) is 2.70. The van der Waals surface area contributed by atoms with Gasteiger partial charge in [-0.3, -0.25) is 12.2 Å². The maximum absolute atomic E-state index is 3.52. The van der Waals surface area contributed by atoms with Crippen LogP contribution in [0.15, 0.2) is 33.7 Å². The van der Waals surface area contributed by atoms with Gasteiger partial charge in [0, 0.05) is 0 Å². The molecule has 2 aliphatic carbocycles. The van der Waals surface area contributed by atoms with E-state index < -0.39 is 8.07 Å². The van der Waals surface area contributed by atoms with Crippen molar-refractivity contribution in [2.24, 2.45) is 11.8 Å². The summed E-state index contributed by atoms with van der Waals surface area (Å²) in [6.45, 7) is 13.8. The minimum Gasteiger partial charge on any atom is -1.00 e. The van der Waals surface area contributed by atoms with Gasteiger partial charge in [0.15, 0.2) is 0 Å². The van der Waals surface area contributed by atoms with E-state index in [9.17, 15) is 0 Å². The summed E-state index contributed by atoms with van der Waals surface area (Å²) in [4.78, 5) is 0. The predicted molar refractivity (Wildman–Crippen MR) is 76.8 cm³/mol. The summed E-state index contributed by atoms with van der Waals surface area (Å²) < 4.78 is 0. The van der Waals surface area contributed by atoms with Crippen LogP contribution in [0.1, 0.15) is 27.7 Å². The van der Waals surface area contributed by atoms with Gasteiger partial charge in [-0.1, -0.05) is 60.7 Å². The Morgan fingerprint density at radius 2 is 1.15 bits per heavy atom. The fourth-order valence-electron chi connectivity index (χ4n) is 3.17. The molecule has 20 heavy (non-hydrogen) atoms. The second-order valence-corrected chi connectivity index (χ2v) is 10.2. The van der Waals surface area contributed by atoms with Crippen molar-refractivity contribution in [1.29, 1.82) is 0 Å². The molecule has 2 unspecified atom stereocenters. The average molecular weight is 405 g/mol. The third kappa shape index (κ3) is 4.32. The summed E-state index contributed by atoms with van der Waals surface area (Å²) >= 11 is 0. The maximum Gasteiger partial charge on any atom is 4.00 e. The third-order valence-electron chi connectivity index (χ3n) is 3.88. The molecule has 0 aromatic rings. The van der Waals surface area contributed by atoms with Crippen molar-refractivity contribution in [2.75, 3.05) is 0 Å². The summed E-state index contributed by atoms with van der Waals surface area (Å²) in [7, 11) is -1.52. The molecule has 108 valence electrons. The van der Waals surface area contributed by atoms with Crippen molar-refractivity contribution in [3.05, 3.63) is 45.8 Å². The first-order valence-electron chi connectivity index (χ1n) is 6.48. The van der Waals surface area contributed by atoms with Crippen LogP contribution >= 0.6 is 0 Å². The third-order valence-corrected chi connectivity index (χ3v) is 7.65. The van der Waals surface area contributed by atoms with Crippen LogP contribution in [0.4, 0.5) is 0 Å². The van der Waals surface area contributed by atoms with Crippen LogP contribution < -0.4 is 24.8 Å². The Kier molecular flexibility index (Phi) is 9.53. The molecule has 2 rings (SSSR count). The van der Waals surface area contributed by atoms with E-state index in [1.165, 1.54) is 11.1 Å². The van der Waals surface area contributed by atoms with Crippen LogP contribution in [-0.2, 0) is 26.2 Å². The van der Waals surface area contributed by atoms with Gasteiger partial charge in [-0.25, -0.2) is 21.5 Å². The maximum atomic E-state index is 3.52. The molecular weight excluding hydrogens is 382 g/mol. The predicted octanol–water partition coefficient (Wildman–Crippen LogP) is -1.57. The van der Waals surface area contributed by atoms with Gasteiger partial charge in [0.2, 0.25) is 0 Å². The van der Waals surface area contributed by atoms with Crippen LogP contribution in [0.25, 0.3) is 0 Å². The molecule has 0 N–H and O–H groups in total. The van der Waals surface area contributed by atoms with Crippen molar-refractivity contribution in [3.8, 4) is 0 Å². The standard InChI is InChI=1S/C16H22Si.2ClH.Zr/c1-11-7-13(3)15(9-11)17(5,6)16-10-12(2)8-14(16)4;;;/h9-12H,1-6H3;2*1H;/q-2;;;+4/p-2. The molecule has 0 spiro atoms. The Hall–Kier alpha value is 0.640. The van der Waals surface area contributed by atoms with E-state index in [0.29, 0.717) is 11.8 Å². The summed E-state index contributed by atoms with van der Waals surface area (Å²) in [6.07, 6.45) is 11.9. The van der Waals surface area contributed by atoms with Crippen LogP contribution in [0.5, 0.6) is 0 Å². The van der Waals surface area contributed by atoms with Crippen LogP contribution in [0.3, 0.4) is 0 Å². The Bertz CT molecular complexity index is 431. The van der Waals surface area contributed by atoms with Gasteiger partial charge in [0.05, 0.1) is 0 Å². The zero-order valence-corrected chi connectivity index (χ0v) is 18.0. The normalized spacial score (nSPS) is 24.5. The van der Waals surface area contributed by atoms with Gasteiger partial charge < -0.3 is 24.8 Å². The van der Waals surface area contributed by atoms with Gasteiger partial charge in [-0.2, -0.15) is 12.2 Å². The summed E-state index contributed by atoms with van der Waals surface area (Å²) in [5, 5.41) is 3.15. The Morgan fingerprint density at radius 1 is 0.850 bits per heavy atom. The topological polar surface area (TPSA) is 0 Å². The molecular formula is C16H22Cl2SiZr. The molecule has 2 aliphatic rings. The van der Waals surface area contributed by atoms with Gasteiger partial charge in [0.25, 0.3) is 0 Å². The van der Waals surface area contributed by atoms with Crippen molar-refractivity contribution in [2.45, 2.75) is 40.8 Å². The van der Waals surface area contributed by atoms with E-state index in [-0.39, 0.29) is 51.0 Å². The molecule has 0 amide bonds. The Balaban J connectivity index is 0. The number of hydrogen-bond donors (Lipinski definition) is 0. The molecule has 0 fully saturated rings. The zero-order valence-electron chi connectivity index (χ0n) is 13.1. The monoisotopic (exact) mass is 402 g/mol. The first-order chi connectivity index (χ1) is 7.82. The summed E-state index contributed by atoms with van der Waals surface area (Å²) in [6, 6.07) is 0. The number of rotatable bonds is 2. The molecule has 0 saturated carbocycles. The van der Waals surface area contributed by atoms with E-state index in [4.69, 9.17) is 0 Å². The molecule has 0 aromatic heterocycles. The fourth-order valence-corrected chi connectivity index (χ4v) is 6.81. The van der Waals surface area contributed by atoms with Crippen LogP contribution in [0, 0.1) is 24.0 Å². The smallest absolute Gasteiger partial charge is 1.00 e. The van der Waals surface area contributed by atoms with Gasteiger partial charge >= 0.3 is 26.2 Å². The number of allylic oxidation sites excluding steroid dienone is 8. The largest absolute Gasteiger partial charge is 4.00 e. The first kappa shape index (κ1) is 22.9. The molecule has 0 saturated heterocycles. The molecule has 0 nitrogen and oxygen atoms in total. The van der Waals surface area contributed by atoms with E-state index in [0.717, 1.165) is 0 Å². The quantitative estimate of drug-likeness (QED) is 0.386. The van der Waals surface area contributed by atoms with E-state index in [1.54, 1.807) is 10.4 Å². The molecule has 0 aliphatic heterocycles. The molecule has 2 atom stereocenters. The molecule has 0 radical (unpaired) electrons. The minimum atomic E-state index is -1.52. The number of halogens is 2. The van der Waals surface area contributed by atoms with Crippen molar-refractivity contribution in [1.82, 2.24) is 0 Å². The van der Waals surface area contributed by atoms with E-state index in [2.05, 4.69) is 65.1 Å². The minimum absolute atomic E-state index is 0. The number of hydrogen-bond acceptors (Lipinski definition) is 0. The van der Waals surface area contributed by atoms with Gasteiger partial charge in [0.1, 0.15) is 0 Å². The van der Waals surface area contributed by atoms with Crippen LogP contribution in [0.2, 0.25) is 13.1 Å². The van der Waals surface area contributed by atoms with Crippen molar-refractivity contribution in [3.63, 3.8) is 0 Å². The summed E-state index contributed by atoms with van der Waals surface area (Å²) in [5.74, 6) is 0.980. The zero-order chi connectivity index (χ0) is 12.8. The summed E-state index contributed by atoms with van der Waals surface area (Å²) in [5.41, 5.74) is 2.75. The second-order valence-electron chi connectivity index (χ2n) is 5.90. The molecule has 0 heterocycles. The Morgan fingerprint density at radius 3 is 1.35 bits per heavy atom. The van der Waals surface area contributed by atoms with E-state index in [1.807, 2.05) is 0 Å². The fraction of sp³-hybridized carbons (Fsp3) is 0.500. The van der Waals surface area contributed by atoms with Crippen molar-refractivity contribution >= 4 is 8.07 Å². The Labute approximate surface area is 156 Å². The van der Waals surface area contributed by atoms with Crippen LogP contribution in [-0.4, -0.2) is 8.07 Å². The second kappa shape index (κ2) is 8.32. The van der Waals surface area contributed by atoms with Gasteiger partial charge in [-0.05, 0) is 0 Å². The molecule has 0 aromatic carbocycles. The first-order valence-corrected chi connectivity index (χ1v) is 9.48. The SMILES string of the molecule is CC1=[C-]C(C)C=C1[Si](C)(C)C1=CC(C)[C-]=C1C.[Cl-].[Cl-].[Zr+4]. The van der Waals surface area contributed by atoms with E-state index >= 15 is 0 Å².